The lowest BCUT2D eigenvalue weighted by Gasteiger charge is -2.25. The maximum atomic E-state index is 12.9. The topological polar surface area (TPSA) is 89.8 Å². The first-order chi connectivity index (χ1) is 10.8. The first-order valence-electron chi connectivity index (χ1n) is 7.30. The first-order valence-corrected chi connectivity index (χ1v) is 7.30. The normalized spacial score (nSPS) is 37.6. The van der Waals surface area contributed by atoms with Crippen LogP contribution in [-0.4, -0.2) is 27.9 Å². The van der Waals surface area contributed by atoms with Gasteiger partial charge in [0.25, 0.3) is 5.69 Å². The molecule has 7 nitrogen and oxygen atoms in total. The van der Waals surface area contributed by atoms with Gasteiger partial charge in [0.1, 0.15) is 5.69 Å². The molecule has 7 heteroatoms. The molecule has 2 fully saturated rings. The second kappa shape index (κ2) is 4.05. The monoisotopic (exact) mass is 314 g/mol. The maximum Gasteiger partial charge on any atom is 0.293 e. The Morgan fingerprint density at radius 3 is 2.13 bits per heavy atom. The number of benzene rings is 1. The van der Waals surface area contributed by atoms with Crippen molar-refractivity contribution in [1.29, 1.82) is 0 Å². The lowest BCUT2D eigenvalue weighted by molar-refractivity contribution is -0.384. The number of nitro groups is 1. The molecule has 1 aromatic carbocycles. The molecule has 2 bridgehead atoms. The van der Waals surface area contributed by atoms with Crippen molar-refractivity contribution in [1.82, 2.24) is 0 Å². The molecular formula is C16H14N2O5. The third-order valence-corrected chi connectivity index (χ3v) is 5.05. The number of nitro benzene ring substituents is 1. The molecular weight excluding hydrogens is 300 g/mol. The van der Waals surface area contributed by atoms with Crippen LogP contribution in [0.15, 0.2) is 36.4 Å². The number of hydrogen-bond acceptors (Lipinski definition) is 5. The predicted molar refractivity (Wildman–Crippen MR) is 79.6 cm³/mol. The number of carbonyl (C=O) groups excluding carboxylic acids is 2. The van der Waals surface area contributed by atoms with E-state index in [4.69, 9.17) is 4.74 Å². The van der Waals surface area contributed by atoms with Crippen LogP contribution in [0.5, 0.6) is 0 Å². The predicted octanol–water partition coefficient (Wildman–Crippen LogP) is 1.82. The zero-order valence-electron chi connectivity index (χ0n) is 12.6. The van der Waals surface area contributed by atoms with Gasteiger partial charge < -0.3 is 4.74 Å². The van der Waals surface area contributed by atoms with Crippen molar-refractivity contribution in [3.05, 3.63) is 46.5 Å². The Morgan fingerprint density at radius 1 is 1.09 bits per heavy atom. The Hall–Kier alpha value is -2.54. The van der Waals surface area contributed by atoms with E-state index in [0.29, 0.717) is 0 Å². The van der Waals surface area contributed by atoms with Crippen molar-refractivity contribution in [2.24, 2.45) is 11.8 Å². The van der Waals surface area contributed by atoms with Gasteiger partial charge >= 0.3 is 0 Å². The summed E-state index contributed by atoms with van der Waals surface area (Å²) in [6.07, 6.45) is 3.62. The molecule has 3 aliphatic heterocycles. The van der Waals surface area contributed by atoms with Crippen molar-refractivity contribution < 1.29 is 19.2 Å². The lowest BCUT2D eigenvalue weighted by atomic mass is 9.73. The van der Waals surface area contributed by atoms with Crippen LogP contribution in [0.1, 0.15) is 13.8 Å². The van der Waals surface area contributed by atoms with E-state index in [1.165, 1.54) is 18.2 Å². The van der Waals surface area contributed by atoms with Crippen LogP contribution in [0.4, 0.5) is 11.4 Å². The molecule has 3 heterocycles. The highest BCUT2D eigenvalue weighted by Crippen LogP contribution is 2.57. The van der Waals surface area contributed by atoms with E-state index < -0.39 is 39.8 Å². The molecule has 1 aromatic rings. The van der Waals surface area contributed by atoms with Gasteiger partial charge in [-0.3, -0.25) is 19.7 Å². The minimum atomic E-state index is -0.843. The minimum absolute atomic E-state index is 0.0218. The molecule has 0 radical (unpaired) electrons. The van der Waals surface area contributed by atoms with Crippen LogP contribution in [0, 0.1) is 22.0 Å². The molecule has 0 spiro atoms. The highest BCUT2D eigenvalue weighted by Gasteiger charge is 2.70. The molecule has 4 atom stereocenters. The van der Waals surface area contributed by atoms with E-state index in [1.54, 1.807) is 19.9 Å². The number of nitrogens with zero attached hydrogens (tertiary/aromatic N) is 2. The summed E-state index contributed by atoms with van der Waals surface area (Å²) < 4.78 is 5.90. The van der Waals surface area contributed by atoms with Gasteiger partial charge in [-0.1, -0.05) is 24.3 Å². The van der Waals surface area contributed by atoms with Crippen molar-refractivity contribution in [3.8, 4) is 0 Å². The zero-order chi connectivity index (χ0) is 16.6. The fourth-order valence-corrected chi connectivity index (χ4v) is 4.08. The number of carbonyl (C=O) groups is 2. The van der Waals surface area contributed by atoms with Crippen LogP contribution >= 0.6 is 0 Å². The van der Waals surface area contributed by atoms with Gasteiger partial charge in [0.2, 0.25) is 11.8 Å². The summed E-state index contributed by atoms with van der Waals surface area (Å²) in [7, 11) is 0. The van der Waals surface area contributed by atoms with Gasteiger partial charge in [-0.15, -0.1) is 0 Å². The Kier molecular flexibility index (Phi) is 2.48. The fraction of sp³-hybridized carbons (Fsp3) is 0.375. The van der Waals surface area contributed by atoms with Gasteiger partial charge in [0.05, 0.1) is 28.0 Å². The summed E-state index contributed by atoms with van der Waals surface area (Å²) in [6, 6.07) is 5.79. The number of anilines is 1. The van der Waals surface area contributed by atoms with Gasteiger partial charge in [-0.25, -0.2) is 4.90 Å². The molecule has 0 aromatic heterocycles. The molecule has 118 valence electrons. The standard InChI is InChI=1S/C16H14N2O5/c1-15-7-8-16(2,23-15)12-11(15)13(19)17(14(12)20)9-5-3-4-6-10(9)18(21)22/h3-8,11-12H,1-2H3/t11-,12+,15-,16+. The molecule has 0 saturated carbocycles. The van der Waals surface area contributed by atoms with Gasteiger partial charge in [0.15, 0.2) is 0 Å². The van der Waals surface area contributed by atoms with Crippen LogP contribution in [0.3, 0.4) is 0 Å². The molecule has 2 amide bonds. The Labute approximate surface area is 131 Å². The van der Waals surface area contributed by atoms with Crippen molar-refractivity contribution in [2.45, 2.75) is 25.0 Å². The van der Waals surface area contributed by atoms with E-state index in [0.717, 1.165) is 4.90 Å². The minimum Gasteiger partial charge on any atom is -0.359 e. The van der Waals surface area contributed by atoms with E-state index in [-0.39, 0.29) is 11.4 Å². The Morgan fingerprint density at radius 2 is 1.61 bits per heavy atom. The quantitative estimate of drug-likeness (QED) is 0.359. The summed E-state index contributed by atoms with van der Waals surface area (Å²) in [5, 5.41) is 11.2. The number of rotatable bonds is 2. The maximum absolute atomic E-state index is 12.9. The third-order valence-electron chi connectivity index (χ3n) is 5.05. The number of para-hydroxylation sites is 2. The fourth-order valence-electron chi connectivity index (χ4n) is 4.08. The van der Waals surface area contributed by atoms with E-state index in [2.05, 4.69) is 0 Å². The Balaban J connectivity index is 1.85. The van der Waals surface area contributed by atoms with Gasteiger partial charge in [0, 0.05) is 6.07 Å². The van der Waals surface area contributed by atoms with E-state index >= 15 is 0 Å². The van der Waals surface area contributed by atoms with Gasteiger partial charge in [-0.05, 0) is 19.9 Å². The van der Waals surface area contributed by atoms with E-state index in [9.17, 15) is 19.7 Å². The number of fused-ring (bicyclic) bond motifs is 5. The van der Waals surface area contributed by atoms with Crippen LogP contribution < -0.4 is 4.90 Å². The largest absolute Gasteiger partial charge is 0.359 e. The molecule has 2 saturated heterocycles. The molecule has 0 aliphatic carbocycles. The van der Waals surface area contributed by atoms with Crippen LogP contribution in [0.25, 0.3) is 0 Å². The summed E-state index contributed by atoms with van der Waals surface area (Å²) in [6.45, 7) is 3.54. The Bertz CT molecular complexity index is 767. The second-order valence-electron chi connectivity index (χ2n) is 6.52. The lowest BCUT2D eigenvalue weighted by Crippen LogP contribution is -2.39. The average molecular weight is 314 g/mol. The van der Waals surface area contributed by atoms with Crippen molar-refractivity contribution in [3.63, 3.8) is 0 Å². The third kappa shape index (κ3) is 1.57. The molecule has 0 unspecified atom stereocenters. The molecule has 23 heavy (non-hydrogen) atoms. The highest BCUT2D eigenvalue weighted by atomic mass is 16.6. The van der Waals surface area contributed by atoms with Crippen molar-refractivity contribution in [2.75, 3.05) is 4.90 Å². The summed E-state index contributed by atoms with van der Waals surface area (Å²) >= 11 is 0. The summed E-state index contributed by atoms with van der Waals surface area (Å²) in [4.78, 5) is 37.4. The zero-order valence-corrected chi connectivity index (χ0v) is 12.6. The second-order valence-corrected chi connectivity index (χ2v) is 6.52. The summed E-state index contributed by atoms with van der Waals surface area (Å²) in [5.41, 5.74) is -1.92. The smallest absolute Gasteiger partial charge is 0.293 e. The molecule has 0 N–H and O–H groups in total. The number of ether oxygens (including phenoxy) is 1. The van der Waals surface area contributed by atoms with Crippen molar-refractivity contribution >= 4 is 23.2 Å². The number of amides is 2. The molecule has 4 rings (SSSR count). The summed E-state index contributed by atoms with van der Waals surface area (Å²) in [5.74, 6) is -2.18. The van der Waals surface area contributed by atoms with E-state index in [1.807, 2.05) is 12.2 Å². The van der Waals surface area contributed by atoms with Gasteiger partial charge in [-0.2, -0.15) is 0 Å². The van der Waals surface area contributed by atoms with Crippen LogP contribution in [-0.2, 0) is 14.3 Å². The first kappa shape index (κ1) is 14.1. The number of imide groups is 1. The highest BCUT2D eigenvalue weighted by molar-refractivity contribution is 6.24. The molecule has 3 aliphatic rings. The number of hydrogen-bond donors (Lipinski definition) is 0. The SMILES string of the molecule is C[C@]12C=C[C@](C)(O1)[C@@H]1C(=O)N(c3ccccc3[N+](=O)[O-])C(=O)[C@@H]12. The average Bonchev–Trinajstić information content (AvgIpc) is 3.04. The van der Waals surface area contributed by atoms with Crippen LogP contribution in [0.2, 0.25) is 0 Å².